The molecule has 0 aromatic heterocycles. The Bertz CT molecular complexity index is 340. The molecule has 0 spiro atoms. The van der Waals surface area contributed by atoms with E-state index in [0.29, 0.717) is 0 Å². The number of carbonyl (C=O) groups excluding carboxylic acids is 1. The normalized spacial score (nSPS) is 13.2. The van der Waals surface area contributed by atoms with Gasteiger partial charge in [-0.1, -0.05) is 0 Å². The molecule has 0 radical (unpaired) electrons. The van der Waals surface area contributed by atoms with E-state index in [0.717, 1.165) is 0 Å². The van der Waals surface area contributed by atoms with Gasteiger partial charge in [-0.2, -0.15) is 5.26 Å². The van der Waals surface area contributed by atoms with Crippen LogP contribution in [0.2, 0.25) is 0 Å². The molecule has 0 saturated carbocycles. The van der Waals surface area contributed by atoms with Crippen molar-refractivity contribution < 1.29 is 24.5 Å². The molecule has 3 N–H and O–H groups in total. The number of carboxylic acids is 1. The molecule has 19 heavy (non-hydrogen) atoms. The van der Waals surface area contributed by atoms with Crippen molar-refractivity contribution in [3.05, 3.63) is 0 Å². The monoisotopic (exact) mass is 273 g/mol. The maximum atomic E-state index is 11.8. The number of nitrogens with one attached hydrogen (secondary N) is 1. The molecule has 2 atom stereocenters. The summed E-state index contributed by atoms with van der Waals surface area (Å²) in [7, 11) is 1.47. The number of aliphatic hydroxyl groups excluding tert-OH is 1. The summed E-state index contributed by atoms with van der Waals surface area (Å²) in [5.41, 5.74) is 0. The van der Waals surface area contributed by atoms with Crippen LogP contribution in [0.25, 0.3) is 0 Å². The van der Waals surface area contributed by atoms with Gasteiger partial charge in [0.2, 0.25) is 0 Å². The van der Waals surface area contributed by atoms with Gasteiger partial charge >= 0.3 is 12.0 Å². The second kappa shape index (κ2) is 9.13. The fourth-order valence-electron chi connectivity index (χ4n) is 1.31. The molecule has 0 bridgehead atoms. The van der Waals surface area contributed by atoms with Crippen molar-refractivity contribution in [2.45, 2.75) is 25.5 Å². The summed E-state index contributed by atoms with van der Waals surface area (Å²) in [5.74, 6) is -1.32. The van der Waals surface area contributed by atoms with Gasteiger partial charge in [0.15, 0.2) is 6.04 Å². The largest absolute Gasteiger partial charge is 0.480 e. The van der Waals surface area contributed by atoms with Crippen LogP contribution in [-0.4, -0.2) is 66.1 Å². The number of nitrogens with zero attached hydrogens (tertiary/aromatic N) is 2. The number of aliphatic carboxylic acids is 1. The molecular formula is C11H19N3O5. The third-order valence-corrected chi connectivity index (χ3v) is 2.37. The molecule has 0 rings (SSSR count). The Hall–Kier alpha value is -1.85. The summed E-state index contributed by atoms with van der Waals surface area (Å²) in [5, 5.41) is 28.8. The van der Waals surface area contributed by atoms with Crippen LogP contribution in [0.3, 0.4) is 0 Å². The Morgan fingerprint density at radius 2 is 2.11 bits per heavy atom. The van der Waals surface area contributed by atoms with Crippen LogP contribution < -0.4 is 5.32 Å². The van der Waals surface area contributed by atoms with E-state index < -0.39 is 24.1 Å². The molecule has 2 amide bonds. The molecule has 2 unspecified atom stereocenters. The average molecular weight is 273 g/mol. The van der Waals surface area contributed by atoms with Crippen molar-refractivity contribution in [3.8, 4) is 6.07 Å². The Balaban J connectivity index is 4.59. The quantitative estimate of drug-likeness (QED) is 0.542. The predicted molar refractivity (Wildman–Crippen MR) is 65.3 cm³/mol. The lowest BCUT2D eigenvalue weighted by atomic mass is 10.2. The number of nitriles is 1. The van der Waals surface area contributed by atoms with E-state index in [1.54, 1.807) is 0 Å². The molecule has 8 nitrogen and oxygen atoms in total. The highest BCUT2D eigenvalue weighted by molar-refractivity contribution is 5.83. The zero-order valence-electron chi connectivity index (χ0n) is 11.0. The summed E-state index contributed by atoms with van der Waals surface area (Å²) in [6.07, 6.45) is -1.09. The number of hydrogen-bond donors (Lipinski definition) is 3. The Kier molecular flexibility index (Phi) is 8.24. The number of methoxy groups -OCH3 is 1. The summed E-state index contributed by atoms with van der Waals surface area (Å²) >= 11 is 0. The van der Waals surface area contributed by atoms with Gasteiger partial charge in [-0.15, -0.1) is 0 Å². The summed E-state index contributed by atoms with van der Waals surface area (Å²) in [6.45, 7) is 1.94. The van der Waals surface area contributed by atoms with Crippen molar-refractivity contribution in [1.82, 2.24) is 10.2 Å². The Morgan fingerprint density at radius 1 is 1.47 bits per heavy atom. The molecule has 8 heteroatoms. The lowest BCUT2D eigenvalue weighted by Gasteiger charge is -2.25. The summed E-state index contributed by atoms with van der Waals surface area (Å²) in [6, 6.07) is -0.141. The number of aliphatic hydroxyl groups is 1. The third-order valence-electron chi connectivity index (χ3n) is 2.37. The Labute approximate surface area is 111 Å². The maximum absolute atomic E-state index is 11.8. The maximum Gasteiger partial charge on any atom is 0.328 e. The van der Waals surface area contributed by atoms with Crippen molar-refractivity contribution >= 4 is 12.0 Å². The molecule has 108 valence electrons. The van der Waals surface area contributed by atoms with Gasteiger partial charge in [0.25, 0.3) is 0 Å². The summed E-state index contributed by atoms with van der Waals surface area (Å²) in [4.78, 5) is 24.0. The molecule has 0 aliphatic heterocycles. The molecule has 0 aliphatic rings. The van der Waals surface area contributed by atoms with Gasteiger partial charge in [0.1, 0.15) is 0 Å². The van der Waals surface area contributed by atoms with E-state index in [4.69, 9.17) is 15.1 Å². The van der Waals surface area contributed by atoms with Gasteiger partial charge < -0.3 is 25.2 Å². The minimum Gasteiger partial charge on any atom is -0.480 e. The van der Waals surface area contributed by atoms with Crippen molar-refractivity contribution in [2.75, 3.05) is 26.8 Å². The number of carboxylic acid groups (broad SMARTS) is 1. The highest BCUT2D eigenvalue weighted by Gasteiger charge is 2.26. The van der Waals surface area contributed by atoms with E-state index >= 15 is 0 Å². The minimum absolute atomic E-state index is 0.129. The van der Waals surface area contributed by atoms with Crippen LogP contribution in [0.15, 0.2) is 0 Å². The van der Waals surface area contributed by atoms with Crippen LogP contribution in [0.1, 0.15) is 13.3 Å². The van der Waals surface area contributed by atoms with E-state index in [1.165, 1.54) is 18.9 Å². The van der Waals surface area contributed by atoms with Crippen molar-refractivity contribution in [1.29, 1.82) is 5.26 Å². The minimum atomic E-state index is -1.39. The van der Waals surface area contributed by atoms with Crippen LogP contribution in [0.5, 0.6) is 0 Å². The highest BCUT2D eigenvalue weighted by atomic mass is 16.5. The fraction of sp³-hybridized carbons (Fsp3) is 0.727. The average Bonchev–Trinajstić information content (AvgIpc) is 2.35. The van der Waals surface area contributed by atoms with Crippen molar-refractivity contribution in [2.24, 2.45) is 0 Å². The lowest BCUT2D eigenvalue weighted by Crippen LogP contribution is -2.53. The van der Waals surface area contributed by atoms with Crippen LogP contribution in [0.4, 0.5) is 4.79 Å². The molecule has 0 heterocycles. The summed E-state index contributed by atoms with van der Waals surface area (Å²) < 4.78 is 4.83. The Morgan fingerprint density at radius 3 is 2.53 bits per heavy atom. The standard InChI is InChI=1S/C11H19N3O5/c1-8(15)9(10(16)17)13-11(18)14(5-3-4-12)6-7-19-2/h8-9,15H,3,5-7H2,1-2H3,(H,13,18)(H,16,17). The van der Waals surface area contributed by atoms with E-state index in [1.807, 2.05) is 6.07 Å². The molecule has 0 fully saturated rings. The number of hydrogen-bond acceptors (Lipinski definition) is 5. The molecule has 0 aromatic carbocycles. The van der Waals surface area contributed by atoms with E-state index in [2.05, 4.69) is 5.32 Å². The first-order chi connectivity index (χ1) is 8.93. The first-order valence-corrected chi connectivity index (χ1v) is 5.76. The fourth-order valence-corrected chi connectivity index (χ4v) is 1.31. The number of urea groups is 1. The van der Waals surface area contributed by atoms with Crippen LogP contribution in [-0.2, 0) is 9.53 Å². The zero-order valence-corrected chi connectivity index (χ0v) is 11.0. The number of ether oxygens (including phenoxy) is 1. The smallest absolute Gasteiger partial charge is 0.328 e. The molecule has 0 aromatic rings. The number of rotatable bonds is 8. The molecular weight excluding hydrogens is 254 g/mol. The first kappa shape index (κ1) is 17.2. The lowest BCUT2D eigenvalue weighted by molar-refractivity contribution is -0.141. The van der Waals surface area contributed by atoms with Gasteiger partial charge in [0.05, 0.1) is 25.2 Å². The molecule has 0 saturated heterocycles. The van der Waals surface area contributed by atoms with Crippen molar-refractivity contribution in [3.63, 3.8) is 0 Å². The van der Waals surface area contributed by atoms with Gasteiger partial charge in [-0.3, -0.25) is 0 Å². The SMILES string of the molecule is COCCN(CCC#N)C(=O)NC(C(=O)O)C(C)O. The van der Waals surface area contributed by atoms with Gasteiger partial charge in [0, 0.05) is 20.2 Å². The van der Waals surface area contributed by atoms with E-state index in [-0.39, 0.29) is 26.1 Å². The topological polar surface area (TPSA) is 123 Å². The van der Waals surface area contributed by atoms with Gasteiger partial charge in [-0.05, 0) is 6.92 Å². The predicted octanol–water partition coefficient (Wildman–Crippen LogP) is -0.608. The van der Waals surface area contributed by atoms with Gasteiger partial charge in [-0.25, -0.2) is 9.59 Å². The number of amides is 2. The van der Waals surface area contributed by atoms with E-state index in [9.17, 15) is 14.7 Å². The van der Waals surface area contributed by atoms with Crippen LogP contribution >= 0.6 is 0 Å². The second-order valence-corrected chi connectivity index (χ2v) is 3.89. The number of carbonyl (C=O) groups is 2. The first-order valence-electron chi connectivity index (χ1n) is 5.76. The zero-order chi connectivity index (χ0) is 14.8. The molecule has 0 aliphatic carbocycles. The second-order valence-electron chi connectivity index (χ2n) is 3.89. The third kappa shape index (κ3) is 6.59. The van der Waals surface area contributed by atoms with Crippen LogP contribution in [0, 0.1) is 11.3 Å². The highest BCUT2D eigenvalue weighted by Crippen LogP contribution is 1.98.